The fourth-order valence-corrected chi connectivity index (χ4v) is 2.89. The molecule has 0 aliphatic heterocycles. The average Bonchev–Trinajstić information content (AvgIpc) is 2.79. The Kier molecular flexibility index (Phi) is 4.94. The Morgan fingerprint density at radius 2 is 2.21 bits per heavy atom. The van der Waals surface area contributed by atoms with Gasteiger partial charge in [-0.2, -0.15) is 0 Å². The van der Waals surface area contributed by atoms with E-state index in [1.807, 2.05) is 32.0 Å². The van der Waals surface area contributed by atoms with Gasteiger partial charge in [0, 0.05) is 11.7 Å². The maximum absolute atomic E-state index is 6.24. The summed E-state index contributed by atoms with van der Waals surface area (Å²) in [5, 5.41) is 4.20. The zero-order chi connectivity index (χ0) is 13.8. The number of hydrogen-bond donors (Lipinski definition) is 2. The summed E-state index contributed by atoms with van der Waals surface area (Å²) in [4.78, 5) is 0. The smallest absolute Gasteiger partial charge is 0.138 e. The molecule has 0 heterocycles. The van der Waals surface area contributed by atoms with Gasteiger partial charge in [0.2, 0.25) is 0 Å². The van der Waals surface area contributed by atoms with Gasteiger partial charge in [-0.25, -0.2) is 0 Å². The normalized spacial score (nSPS) is 22.8. The minimum atomic E-state index is 0.132. The van der Waals surface area contributed by atoms with Gasteiger partial charge >= 0.3 is 0 Å². The molecular weight excluding hydrogens is 260 g/mol. The van der Waals surface area contributed by atoms with Crippen LogP contribution in [-0.4, -0.2) is 18.7 Å². The van der Waals surface area contributed by atoms with Gasteiger partial charge in [-0.05, 0) is 57.4 Å². The molecule has 4 heteroatoms. The first-order valence-electron chi connectivity index (χ1n) is 7.03. The maximum atomic E-state index is 6.24. The topological polar surface area (TPSA) is 47.3 Å². The molecule has 19 heavy (non-hydrogen) atoms. The van der Waals surface area contributed by atoms with E-state index >= 15 is 0 Å². The Labute approximate surface area is 120 Å². The lowest BCUT2D eigenvalue weighted by Gasteiger charge is -2.21. The zero-order valence-corrected chi connectivity index (χ0v) is 12.4. The van der Waals surface area contributed by atoms with Crippen molar-refractivity contribution < 1.29 is 4.74 Å². The lowest BCUT2D eigenvalue weighted by molar-refractivity contribution is 0.242. The molecule has 0 amide bonds. The molecule has 2 unspecified atom stereocenters. The van der Waals surface area contributed by atoms with Crippen LogP contribution < -0.4 is 15.8 Å². The minimum absolute atomic E-state index is 0.132. The van der Waals surface area contributed by atoms with Crippen molar-refractivity contribution in [3.8, 4) is 5.75 Å². The van der Waals surface area contributed by atoms with Crippen LogP contribution >= 0.6 is 11.6 Å². The Hall–Kier alpha value is -0.930. The molecule has 1 fully saturated rings. The molecule has 3 N–H and O–H groups in total. The van der Waals surface area contributed by atoms with E-state index in [0.717, 1.165) is 18.0 Å². The highest BCUT2D eigenvalue weighted by Gasteiger charge is 2.25. The second-order valence-electron chi connectivity index (χ2n) is 5.49. The monoisotopic (exact) mass is 282 g/mol. The van der Waals surface area contributed by atoms with Gasteiger partial charge in [0.25, 0.3) is 0 Å². The van der Waals surface area contributed by atoms with Crippen LogP contribution in [-0.2, 0) is 0 Å². The predicted octanol–water partition coefficient (Wildman–Crippen LogP) is 3.67. The van der Waals surface area contributed by atoms with E-state index in [1.165, 1.54) is 19.3 Å². The first-order chi connectivity index (χ1) is 9.10. The zero-order valence-electron chi connectivity index (χ0n) is 11.7. The van der Waals surface area contributed by atoms with Crippen molar-refractivity contribution in [2.75, 3.05) is 11.9 Å². The van der Waals surface area contributed by atoms with E-state index in [1.54, 1.807) is 0 Å². The fourth-order valence-electron chi connectivity index (χ4n) is 2.66. The quantitative estimate of drug-likeness (QED) is 0.866. The van der Waals surface area contributed by atoms with Crippen LogP contribution in [0.25, 0.3) is 0 Å². The third kappa shape index (κ3) is 3.77. The summed E-state index contributed by atoms with van der Waals surface area (Å²) in [5.74, 6) is 1.31. The lowest BCUT2D eigenvalue weighted by atomic mass is 10.0. The number of nitrogens with one attached hydrogen (secondary N) is 1. The molecule has 3 nitrogen and oxygen atoms in total. The SMILES string of the molecule is CC(C)Oc1ccc(NC2CCCC2CN)cc1Cl. The lowest BCUT2D eigenvalue weighted by Crippen LogP contribution is -2.29. The number of hydrogen-bond acceptors (Lipinski definition) is 3. The largest absolute Gasteiger partial charge is 0.489 e. The summed E-state index contributed by atoms with van der Waals surface area (Å²) in [6.07, 6.45) is 3.79. The first kappa shape index (κ1) is 14.5. The van der Waals surface area contributed by atoms with Crippen LogP contribution in [0.2, 0.25) is 5.02 Å². The second kappa shape index (κ2) is 6.49. The molecule has 2 atom stereocenters. The van der Waals surface area contributed by atoms with E-state index in [-0.39, 0.29) is 6.10 Å². The molecule has 106 valence electrons. The first-order valence-corrected chi connectivity index (χ1v) is 7.40. The Bertz CT molecular complexity index is 423. The van der Waals surface area contributed by atoms with Gasteiger partial charge < -0.3 is 15.8 Å². The van der Waals surface area contributed by atoms with Gasteiger partial charge in [0.15, 0.2) is 0 Å². The van der Waals surface area contributed by atoms with Crippen LogP contribution in [0.1, 0.15) is 33.1 Å². The van der Waals surface area contributed by atoms with Crippen molar-refractivity contribution >= 4 is 17.3 Å². The third-order valence-corrected chi connectivity index (χ3v) is 3.90. The highest BCUT2D eigenvalue weighted by atomic mass is 35.5. The second-order valence-corrected chi connectivity index (χ2v) is 5.90. The number of benzene rings is 1. The van der Waals surface area contributed by atoms with Crippen LogP contribution in [0, 0.1) is 5.92 Å². The van der Waals surface area contributed by atoms with Crippen LogP contribution in [0.3, 0.4) is 0 Å². The molecule has 0 saturated heterocycles. The van der Waals surface area contributed by atoms with E-state index in [9.17, 15) is 0 Å². The van der Waals surface area contributed by atoms with Crippen molar-refractivity contribution in [1.82, 2.24) is 0 Å². The maximum Gasteiger partial charge on any atom is 0.138 e. The van der Waals surface area contributed by atoms with Gasteiger partial charge in [0.1, 0.15) is 5.75 Å². The molecule has 1 saturated carbocycles. The minimum Gasteiger partial charge on any atom is -0.489 e. The molecule has 1 aromatic carbocycles. The predicted molar refractivity (Wildman–Crippen MR) is 81.0 cm³/mol. The standard InChI is InChI=1S/C15H23ClN2O/c1-10(2)19-15-7-6-12(8-13(15)16)18-14-5-3-4-11(14)9-17/h6-8,10-11,14,18H,3-5,9,17H2,1-2H3. The molecule has 0 bridgehead atoms. The third-order valence-electron chi connectivity index (χ3n) is 3.61. The van der Waals surface area contributed by atoms with E-state index < -0.39 is 0 Å². The van der Waals surface area contributed by atoms with Crippen molar-refractivity contribution in [3.05, 3.63) is 23.2 Å². The molecule has 0 radical (unpaired) electrons. The van der Waals surface area contributed by atoms with Crippen LogP contribution in [0.15, 0.2) is 18.2 Å². The van der Waals surface area contributed by atoms with Crippen LogP contribution in [0.5, 0.6) is 5.75 Å². The van der Waals surface area contributed by atoms with Gasteiger partial charge in [-0.15, -0.1) is 0 Å². The Morgan fingerprint density at radius 3 is 2.84 bits per heavy atom. The van der Waals surface area contributed by atoms with Crippen molar-refractivity contribution in [1.29, 1.82) is 0 Å². The molecule has 1 aromatic rings. The fraction of sp³-hybridized carbons (Fsp3) is 0.600. The molecule has 0 aromatic heterocycles. The summed E-state index contributed by atoms with van der Waals surface area (Å²) >= 11 is 6.24. The number of halogens is 1. The number of anilines is 1. The number of rotatable bonds is 5. The highest BCUT2D eigenvalue weighted by Crippen LogP contribution is 2.32. The average molecular weight is 283 g/mol. The van der Waals surface area contributed by atoms with Gasteiger partial charge in [-0.3, -0.25) is 0 Å². The summed E-state index contributed by atoms with van der Waals surface area (Å²) in [6.45, 7) is 4.74. The van der Waals surface area contributed by atoms with Crippen molar-refractivity contribution in [2.45, 2.75) is 45.3 Å². The van der Waals surface area contributed by atoms with E-state index in [2.05, 4.69) is 5.32 Å². The summed E-state index contributed by atoms with van der Waals surface area (Å²) in [5.41, 5.74) is 6.85. The summed E-state index contributed by atoms with van der Waals surface area (Å²) in [7, 11) is 0. The molecule has 1 aliphatic rings. The van der Waals surface area contributed by atoms with Crippen LogP contribution in [0.4, 0.5) is 5.69 Å². The van der Waals surface area contributed by atoms with Gasteiger partial charge in [-0.1, -0.05) is 18.0 Å². The molecule has 2 rings (SSSR count). The highest BCUT2D eigenvalue weighted by molar-refractivity contribution is 6.32. The summed E-state index contributed by atoms with van der Waals surface area (Å²) in [6, 6.07) is 6.36. The molecular formula is C15H23ClN2O. The number of nitrogens with two attached hydrogens (primary N) is 1. The Balaban J connectivity index is 2.03. The van der Waals surface area contributed by atoms with Gasteiger partial charge in [0.05, 0.1) is 11.1 Å². The Morgan fingerprint density at radius 1 is 1.42 bits per heavy atom. The van der Waals surface area contributed by atoms with Crippen molar-refractivity contribution in [2.24, 2.45) is 11.7 Å². The van der Waals surface area contributed by atoms with E-state index in [0.29, 0.717) is 17.0 Å². The summed E-state index contributed by atoms with van der Waals surface area (Å²) < 4.78 is 5.63. The van der Waals surface area contributed by atoms with E-state index in [4.69, 9.17) is 22.1 Å². The van der Waals surface area contributed by atoms with Crippen molar-refractivity contribution in [3.63, 3.8) is 0 Å². The number of ether oxygens (including phenoxy) is 1. The molecule has 0 spiro atoms. The molecule has 1 aliphatic carbocycles.